The SMILES string of the molecule is O=C(C1Cc2ccccc2O1)N1CCN(c2ccc3c(c2)CCN(C2CCCC2)CC3)CC1. The van der Waals surface area contributed by atoms with Crippen molar-refractivity contribution in [3.05, 3.63) is 59.2 Å². The molecule has 0 aromatic heterocycles. The van der Waals surface area contributed by atoms with Gasteiger partial charge in [0.05, 0.1) is 0 Å². The molecule has 0 bridgehead atoms. The molecule has 2 aromatic rings. The van der Waals surface area contributed by atoms with Gasteiger partial charge in [0.1, 0.15) is 5.75 Å². The third-order valence-corrected chi connectivity index (χ3v) is 8.25. The van der Waals surface area contributed by atoms with Gasteiger partial charge in [0.2, 0.25) is 0 Å². The lowest BCUT2D eigenvalue weighted by molar-refractivity contribution is -0.138. The van der Waals surface area contributed by atoms with Crippen LogP contribution in [0.2, 0.25) is 0 Å². The summed E-state index contributed by atoms with van der Waals surface area (Å²) >= 11 is 0. The average Bonchev–Trinajstić information content (AvgIpc) is 3.50. The molecule has 5 nitrogen and oxygen atoms in total. The number of carbonyl (C=O) groups is 1. The highest BCUT2D eigenvalue weighted by molar-refractivity contribution is 5.83. The molecule has 1 amide bonds. The number of rotatable bonds is 3. The van der Waals surface area contributed by atoms with Gasteiger partial charge >= 0.3 is 0 Å². The molecule has 2 aromatic carbocycles. The highest BCUT2D eigenvalue weighted by Crippen LogP contribution is 2.30. The summed E-state index contributed by atoms with van der Waals surface area (Å²) in [6.45, 7) is 5.72. The molecule has 1 saturated heterocycles. The fraction of sp³-hybridized carbons (Fsp3) is 0.536. The van der Waals surface area contributed by atoms with Crippen LogP contribution in [0.15, 0.2) is 42.5 Å². The molecule has 33 heavy (non-hydrogen) atoms. The first-order valence-electron chi connectivity index (χ1n) is 12.9. The Hall–Kier alpha value is -2.53. The Morgan fingerprint density at radius 1 is 0.818 bits per heavy atom. The number of benzene rings is 2. The van der Waals surface area contributed by atoms with E-state index in [2.05, 4.69) is 34.1 Å². The monoisotopic (exact) mass is 445 g/mol. The topological polar surface area (TPSA) is 36.0 Å². The van der Waals surface area contributed by atoms with E-state index in [9.17, 15) is 4.79 Å². The molecule has 174 valence electrons. The molecule has 0 radical (unpaired) electrons. The number of anilines is 1. The Bertz CT molecular complexity index is 983. The molecule has 0 N–H and O–H groups in total. The lowest BCUT2D eigenvalue weighted by atomic mass is 10.0. The summed E-state index contributed by atoms with van der Waals surface area (Å²) in [5, 5.41) is 0. The number of piperazine rings is 1. The van der Waals surface area contributed by atoms with Crippen LogP contribution < -0.4 is 9.64 Å². The molecule has 5 heteroatoms. The normalized spacial score (nSPS) is 23.7. The van der Waals surface area contributed by atoms with Crippen molar-refractivity contribution in [1.82, 2.24) is 9.80 Å². The van der Waals surface area contributed by atoms with Crippen molar-refractivity contribution in [2.75, 3.05) is 44.2 Å². The fourth-order valence-electron chi connectivity index (χ4n) is 6.27. The Labute approximate surface area is 197 Å². The third-order valence-electron chi connectivity index (χ3n) is 8.25. The van der Waals surface area contributed by atoms with E-state index in [1.165, 1.54) is 62.0 Å². The van der Waals surface area contributed by atoms with Crippen LogP contribution in [0.4, 0.5) is 5.69 Å². The lowest BCUT2D eigenvalue weighted by Gasteiger charge is -2.37. The highest BCUT2D eigenvalue weighted by atomic mass is 16.5. The van der Waals surface area contributed by atoms with E-state index in [1.807, 2.05) is 23.1 Å². The van der Waals surface area contributed by atoms with E-state index in [0.717, 1.165) is 50.0 Å². The quantitative estimate of drug-likeness (QED) is 0.722. The van der Waals surface area contributed by atoms with Gasteiger partial charge in [-0.05, 0) is 60.6 Å². The zero-order chi connectivity index (χ0) is 22.2. The summed E-state index contributed by atoms with van der Waals surface area (Å²) in [4.78, 5) is 20.3. The fourth-order valence-corrected chi connectivity index (χ4v) is 6.27. The molecule has 1 unspecified atom stereocenters. The van der Waals surface area contributed by atoms with E-state index in [-0.39, 0.29) is 12.0 Å². The zero-order valence-corrected chi connectivity index (χ0v) is 19.5. The molecule has 1 atom stereocenters. The Morgan fingerprint density at radius 2 is 1.58 bits per heavy atom. The van der Waals surface area contributed by atoms with Crippen molar-refractivity contribution in [3.63, 3.8) is 0 Å². The average molecular weight is 446 g/mol. The Balaban J connectivity index is 1.06. The van der Waals surface area contributed by atoms with Gasteiger partial charge in [0.15, 0.2) is 6.10 Å². The van der Waals surface area contributed by atoms with Gasteiger partial charge in [-0.1, -0.05) is 37.1 Å². The molecule has 4 aliphatic rings. The Kier molecular flexibility index (Phi) is 5.75. The number of fused-ring (bicyclic) bond motifs is 2. The van der Waals surface area contributed by atoms with Crippen LogP contribution in [0.3, 0.4) is 0 Å². The first-order chi connectivity index (χ1) is 16.2. The van der Waals surface area contributed by atoms with Gasteiger partial charge in [-0.3, -0.25) is 9.69 Å². The van der Waals surface area contributed by atoms with Gasteiger partial charge in [-0.25, -0.2) is 0 Å². The van der Waals surface area contributed by atoms with Crippen LogP contribution in [0.1, 0.15) is 42.4 Å². The van der Waals surface area contributed by atoms with Crippen molar-refractivity contribution < 1.29 is 9.53 Å². The van der Waals surface area contributed by atoms with Gasteiger partial charge in [0.25, 0.3) is 5.91 Å². The molecule has 1 saturated carbocycles. The summed E-state index contributed by atoms with van der Waals surface area (Å²) in [6, 6.07) is 15.9. The molecule has 6 rings (SSSR count). The number of hydrogen-bond donors (Lipinski definition) is 0. The van der Waals surface area contributed by atoms with E-state index in [4.69, 9.17) is 4.74 Å². The second-order valence-electron chi connectivity index (χ2n) is 10.2. The van der Waals surface area contributed by atoms with E-state index in [0.29, 0.717) is 6.42 Å². The van der Waals surface area contributed by atoms with Crippen molar-refractivity contribution >= 4 is 11.6 Å². The third kappa shape index (κ3) is 4.23. The van der Waals surface area contributed by atoms with E-state index >= 15 is 0 Å². The maximum atomic E-state index is 13.1. The van der Waals surface area contributed by atoms with Crippen molar-refractivity contribution in [1.29, 1.82) is 0 Å². The molecular formula is C28H35N3O2. The predicted molar refractivity (Wildman–Crippen MR) is 131 cm³/mol. The first kappa shape index (κ1) is 21.0. The van der Waals surface area contributed by atoms with Crippen LogP contribution in [0, 0.1) is 0 Å². The van der Waals surface area contributed by atoms with Crippen LogP contribution >= 0.6 is 0 Å². The maximum absolute atomic E-state index is 13.1. The zero-order valence-electron chi connectivity index (χ0n) is 19.5. The highest BCUT2D eigenvalue weighted by Gasteiger charge is 2.34. The standard InChI is InChI=1S/C28H35N3O2/c32-28(27-20-23-5-1-4-8-26(23)33-27)31-17-15-30(16-18-31)25-10-9-21-11-13-29(14-12-22(21)19-25)24-6-2-3-7-24/h1,4-5,8-10,19,24,27H,2-3,6-7,11-18,20H2. The van der Waals surface area contributed by atoms with Crippen molar-refractivity contribution in [2.45, 2.75) is 57.1 Å². The van der Waals surface area contributed by atoms with Crippen molar-refractivity contribution in [3.8, 4) is 5.75 Å². The summed E-state index contributed by atoms with van der Waals surface area (Å²) in [5.74, 6) is 1.01. The van der Waals surface area contributed by atoms with Gasteiger partial charge in [-0.15, -0.1) is 0 Å². The number of nitrogens with zero attached hydrogens (tertiary/aromatic N) is 3. The van der Waals surface area contributed by atoms with Crippen LogP contribution in [-0.2, 0) is 24.1 Å². The van der Waals surface area contributed by atoms with E-state index < -0.39 is 0 Å². The second kappa shape index (κ2) is 9.02. The summed E-state index contributed by atoms with van der Waals surface area (Å²) in [7, 11) is 0. The van der Waals surface area contributed by atoms with Crippen LogP contribution in [-0.4, -0.2) is 67.1 Å². The smallest absolute Gasteiger partial charge is 0.264 e. The summed E-state index contributed by atoms with van der Waals surface area (Å²) in [5.41, 5.74) is 5.53. The largest absolute Gasteiger partial charge is 0.480 e. The number of hydrogen-bond acceptors (Lipinski definition) is 4. The van der Waals surface area contributed by atoms with Crippen LogP contribution in [0.25, 0.3) is 0 Å². The number of para-hydroxylation sites is 1. The molecule has 1 aliphatic carbocycles. The summed E-state index contributed by atoms with van der Waals surface area (Å²) in [6.07, 6.45) is 8.28. The second-order valence-corrected chi connectivity index (χ2v) is 10.2. The number of carbonyl (C=O) groups excluding carboxylic acids is 1. The van der Waals surface area contributed by atoms with Gasteiger partial charge < -0.3 is 14.5 Å². The number of amides is 1. The first-order valence-corrected chi connectivity index (χ1v) is 12.9. The van der Waals surface area contributed by atoms with Crippen molar-refractivity contribution in [2.24, 2.45) is 0 Å². The lowest BCUT2D eigenvalue weighted by Crippen LogP contribution is -2.52. The minimum atomic E-state index is -0.357. The minimum absolute atomic E-state index is 0.139. The van der Waals surface area contributed by atoms with Gasteiger partial charge in [0, 0.05) is 57.4 Å². The Morgan fingerprint density at radius 3 is 2.36 bits per heavy atom. The molecule has 2 fully saturated rings. The summed E-state index contributed by atoms with van der Waals surface area (Å²) < 4.78 is 5.94. The number of ether oxygens (including phenoxy) is 1. The molecule has 3 heterocycles. The van der Waals surface area contributed by atoms with Gasteiger partial charge in [-0.2, -0.15) is 0 Å². The molecule has 3 aliphatic heterocycles. The molecular weight excluding hydrogens is 410 g/mol. The van der Waals surface area contributed by atoms with Crippen LogP contribution in [0.5, 0.6) is 5.75 Å². The minimum Gasteiger partial charge on any atom is -0.480 e. The predicted octanol–water partition coefficient (Wildman–Crippen LogP) is 3.68. The maximum Gasteiger partial charge on any atom is 0.264 e. The van der Waals surface area contributed by atoms with E-state index in [1.54, 1.807) is 0 Å². The molecule has 0 spiro atoms.